The van der Waals surface area contributed by atoms with Crippen molar-refractivity contribution < 1.29 is 4.79 Å². The van der Waals surface area contributed by atoms with Crippen LogP contribution >= 0.6 is 11.6 Å². The second-order valence-electron chi connectivity index (χ2n) is 3.96. The number of urea groups is 1. The molecule has 5 nitrogen and oxygen atoms in total. The number of nitrogen functional groups attached to an aromatic ring is 1. The van der Waals surface area contributed by atoms with Crippen LogP contribution in [0.5, 0.6) is 0 Å². The molecule has 98 valence electrons. The Balaban J connectivity index is 2.05. The highest BCUT2D eigenvalue weighted by Crippen LogP contribution is 2.17. The molecule has 0 saturated carbocycles. The monoisotopic (exact) mass is 276 g/mol. The Morgan fingerprint density at radius 1 is 1.26 bits per heavy atom. The van der Waals surface area contributed by atoms with Gasteiger partial charge in [-0.25, -0.2) is 9.78 Å². The Bertz CT molecular complexity index is 615. The first-order valence-corrected chi connectivity index (χ1v) is 5.99. The van der Waals surface area contributed by atoms with Crippen molar-refractivity contribution in [3.8, 4) is 0 Å². The topological polar surface area (TPSA) is 80.0 Å². The molecule has 6 heteroatoms. The van der Waals surface area contributed by atoms with Gasteiger partial charge >= 0.3 is 6.03 Å². The first-order chi connectivity index (χ1) is 9.04. The summed E-state index contributed by atoms with van der Waals surface area (Å²) in [6.45, 7) is 1.77. The molecule has 0 radical (unpaired) electrons. The van der Waals surface area contributed by atoms with Crippen LogP contribution < -0.4 is 16.4 Å². The lowest BCUT2D eigenvalue weighted by atomic mass is 10.3. The summed E-state index contributed by atoms with van der Waals surface area (Å²) in [6.07, 6.45) is 0. The van der Waals surface area contributed by atoms with Gasteiger partial charge in [0.2, 0.25) is 0 Å². The van der Waals surface area contributed by atoms with E-state index in [4.69, 9.17) is 17.3 Å². The summed E-state index contributed by atoms with van der Waals surface area (Å²) < 4.78 is 0. The zero-order chi connectivity index (χ0) is 13.8. The molecular formula is C13H13ClN4O. The van der Waals surface area contributed by atoms with Gasteiger partial charge in [0.15, 0.2) is 0 Å². The standard InChI is InChI=1S/C13H13ClN4O/c1-8-11(5-6-12(15)16-8)18-13(19)17-10-4-2-3-9(14)7-10/h2-7H,1H3,(H2,15,16)(H2,17,18,19). The average molecular weight is 277 g/mol. The Hall–Kier alpha value is -2.27. The van der Waals surface area contributed by atoms with E-state index in [2.05, 4.69) is 15.6 Å². The molecule has 2 rings (SSSR count). The van der Waals surface area contributed by atoms with E-state index in [-0.39, 0.29) is 6.03 Å². The van der Waals surface area contributed by atoms with Crippen LogP contribution in [0.3, 0.4) is 0 Å². The van der Waals surface area contributed by atoms with Crippen LogP contribution in [0.4, 0.5) is 22.0 Å². The van der Waals surface area contributed by atoms with Crippen LogP contribution in [0.1, 0.15) is 5.69 Å². The lowest BCUT2D eigenvalue weighted by Gasteiger charge is -2.09. The van der Waals surface area contributed by atoms with Gasteiger partial charge in [0.05, 0.1) is 11.4 Å². The van der Waals surface area contributed by atoms with Gasteiger partial charge in [-0.1, -0.05) is 17.7 Å². The molecular weight excluding hydrogens is 264 g/mol. The number of carbonyl (C=O) groups is 1. The van der Waals surface area contributed by atoms with E-state index in [1.165, 1.54) is 0 Å². The normalized spacial score (nSPS) is 10.0. The Labute approximate surface area is 115 Å². The fourth-order valence-electron chi connectivity index (χ4n) is 1.56. The number of nitrogens with two attached hydrogens (primary N) is 1. The van der Waals surface area contributed by atoms with E-state index in [1.807, 2.05) is 0 Å². The van der Waals surface area contributed by atoms with Crippen LogP contribution in [0, 0.1) is 6.92 Å². The van der Waals surface area contributed by atoms with Gasteiger partial charge in [0.1, 0.15) is 5.82 Å². The second-order valence-corrected chi connectivity index (χ2v) is 4.39. The highest BCUT2D eigenvalue weighted by Gasteiger charge is 2.06. The van der Waals surface area contributed by atoms with Gasteiger partial charge in [-0.15, -0.1) is 0 Å². The third-order valence-corrected chi connectivity index (χ3v) is 2.67. The van der Waals surface area contributed by atoms with Gasteiger partial charge < -0.3 is 16.4 Å². The summed E-state index contributed by atoms with van der Waals surface area (Å²) in [5.41, 5.74) is 7.42. The van der Waals surface area contributed by atoms with E-state index in [0.717, 1.165) is 0 Å². The molecule has 0 spiro atoms. The molecule has 0 fully saturated rings. The summed E-state index contributed by atoms with van der Waals surface area (Å²) in [6, 6.07) is 9.87. The van der Waals surface area contributed by atoms with E-state index in [1.54, 1.807) is 43.3 Å². The van der Waals surface area contributed by atoms with Gasteiger partial charge in [0, 0.05) is 10.7 Å². The van der Waals surface area contributed by atoms with Crippen LogP contribution in [-0.4, -0.2) is 11.0 Å². The van der Waals surface area contributed by atoms with E-state index >= 15 is 0 Å². The maximum absolute atomic E-state index is 11.8. The number of hydrogen-bond donors (Lipinski definition) is 3. The van der Waals surface area contributed by atoms with Crippen molar-refractivity contribution in [2.75, 3.05) is 16.4 Å². The summed E-state index contributed by atoms with van der Waals surface area (Å²) in [5, 5.41) is 5.93. The molecule has 0 aliphatic heterocycles. The second kappa shape index (κ2) is 5.58. The zero-order valence-corrected chi connectivity index (χ0v) is 11.0. The smallest absolute Gasteiger partial charge is 0.323 e. The number of rotatable bonds is 2. The van der Waals surface area contributed by atoms with Crippen molar-refractivity contribution in [2.24, 2.45) is 0 Å². The lowest BCUT2D eigenvalue weighted by Crippen LogP contribution is -2.20. The predicted octanol–water partition coefficient (Wildman–Crippen LogP) is 3.27. The summed E-state index contributed by atoms with van der Waals surface area (Å²) in [7, 11) is 0. The number of pyridine rings is 1. The van der Waals surface area contributed by atoms with Crippen LogP contribution in [0.15, 0.2) is 36.4 Å². The number of aromatic nitrogens is 1. The third-order valence-electron chi connectivity index (χ3n) is 2.44. The quantitative estimate of drug-likeness (QED) is 0.787. The molecule has 2 amide bonds. The minimum Gasteiger partial charge on any atom is -0.384 e. The Morgan fingerprint density at radius 3 is 2.74 bits per heavy atom. The average Bonchev–Trinajstić information content (AvgIpc) is 2.33. The van der Waals surface area contributed by atoms with Gasteiger partial charge in [-0.2, -0.15) is 0 Å². The highest BCUT2D eigenvalue weighted by atomic mass is 35.5. The predicted molar refractivity (Wildman–Crippen MR) is 77.5 cm³/mol. The van der Waals surface area contributed by atoms with Crippen LogP contribution in [0.25, 0.3) is 0 Å². The largest absolute Gasteiger partial charge is 0.384 e. The van der Waals surface area contributed by atoms with Crippen molar-refractivity contribution in [2.45, 2.75) is 6.92 Å². The molecule has 19 heavy (non-hydrogen) atoms. The SMILES string of the molecule is Cc1nc(N)ccc1NC(=O)Nc1cccc(Cl)c1. The minimum atomic E-state index is -0.364. The molecule has 0 bridgehead atoms. The van der Waals surface area contributed by atoms with Gasteiger partial charge in [-0.05, 0) is 37.3 Å². The van der Waals surface area contributed by atoms with E-state index in [9.17, 15) is 4.79 Å². The van der Waals surface area contributed by atoms with Crippen LogP contribution in [0.2, 0.25) is 5.02 Å². The van der Waals surface area contributed by atoms with Crippen molar-refractivity contribution in [1.82, 2.24) is 4.98 Å². The number of carbonyl (C=O) groups excluding carboxylic acids is 1. The number of nitrogens with zero attached hydrogens (tertiary/aromatic N) is 1. The van der Waals surface area contributed by atoms with E-state index in [0.29, 0.717) is 27.9 Å². The maximum atomic E-state index is 11.8. The fraction of sp³-hybridized carbons (Fsp3) is 0.0769. The minimum absolute atomic E-state index is 0.364. The van der Waals surface area contributed by atoms with Crippen molar-refractivity contribution >= 4 is 34.8 Å². The third kappa shape index (κ3) is 3.59. The summed E-state index contributed by atoms with van der Waals surface area (Å²) >= 11 is 5.84. The molecule has 4 N–H and O–H groups in total. The molecule has 1 aromatic carbocycles. The Morgan fingerprint density at radius 2 is 2.05 bits per heavy atom. The molecule has 0 unspecified atom stereocenters. The first-order valence-electron chi connectivity index (χ1n) is 5.61. The lowest BCUT2D eigenvalue weighted by molar-refractivity contribution is 0.262. The molecule has 1 heterocycles. The number of amides is 2. The number of nitrogens with one attached hydrogen (secondary N) is 2. The fourth-order valence-corrected chi connectivity index (χ4v) is 1.75. The number of hydrogen-bond acceptors (Lipinski definition) is 3. The molecule has 0 saturated heterocycles. The van der Waals surface area contributed by atoms with E-state index < -0.39 is 0 Å². The maximum Gasteiger partial charge on any atom is 0.323 e. The molecule has 0 aliphatic rings. The summed E-state index contributed by atoms with van der Waals surface area (Å²) in [5.74, 6) is 0.415. The van der Waals surface area contributed by atoms with Crippen molar-refractivity contribution in [1.29, 1.82) is 0 Å². The molecule has 0 atom stereocenters. The molecule has 0 aliphatic carbocycles. The number of anilines is 3. The number of aryl methyl sites for hydroxylation is 1. The van der Waals surface area contributed by atoms with Crippen molar-refractivity contribution in [3.05, 3.63) is 47.1 Å². The molecule has 1 aromatic heterocycles. The van der Waals surface area contributed by atoms with Gasteiger partial charge in [-0.3, -0.25) is 0 Å². The highest BCUT2D eigenvalue weighted by molar-refractivity contribution is 6.30. The Kier molecular flexibility index (Phi) is 3.87. The van der Waals surface area contributed by atoms with Crippen molar-refractivity contribution in [3.63, 3.8) is 0 Å². The van der Waals surface area contributed by atoms with Crippen LogP contribution in [-0.2, 0) is 0 Å². The van der Waals surface area contributed by atoms with Gasteiger partial charge in [0.25, 0.3) is 0 Å². The zero-order valence-electron chi connectivity index (χ0n) is 10.3. The number of halogens is 1. The number of benzene rings is 1. The first kappa shape index (κ1) is 13.2. The molecule has 2 aromatic rings. The summed E-state index contributed by atoms with van der Waals surface area (Å²) in [4.78, 5) is 15.9.